The summed E-state index contributed by atoms with van der Waals surface area (Å²) < 4.78 is 0. The van der Waals surface area contributed by atoms with Crippen LogP contribution in [0.3, 0.4) is 0 Å². The molecule has 0 spiro atoms. The lowest BCUT2D eigenvalue weighted by Gasteiger charge is -2.45. The Morgan fingerprint density at radius 2 is 1.48 bits per heavy atom. The maximum absolute atomic E-state index is 4.37. The van der Waals surface area contributed by atoms with Gasteiger partial charge in [-0.2, -0.15) is 0 Å². The fraction of sp³-hybridized carbons (Fsp3) is 0.793. The number of rotatable bonds is 9. The quantitative estimate of drug-likeness (QED) is 0.342. The first-order valence-corrected chi connectivity index (χ1v) is 12.8. The molecule has 2 fully saturated rings. The Labute approximate surface area is 196 Å². The Morgan fingerprint density at radius 3 is 1.90 bits per heavy atom. The molecule has 0 aromatic carbocycles. The van der Waals surface area contributed by atoms with Crippen molar-refractivity contribution in [3.63, 3.8) is 0 Å². The van der Waals surface area contributed by atoms with Crippen molar-refractivity contribution in [2.24, 2.45) is 22.7 Å². The highest BCUT2D eigenvalue weighted by Crippen LogP contribution is 2.50. The molecule has 2 heteroatoms. The normalized spacial score (nSPS) is 20.5. The third-order valence-corrected chi connectivity index (χ3v) is 6.18. The summed E-state index contributed by atoms with van der Waals surface area (Å²) in [6.07, 6.45) is 15.7. The van der Waals surface area contributed by atoms with Crippen LogP contribution in [0.15, 0.2) is 36.5 Å². The Morgan fingerprint density at radius 1 is 0.968 bits per heavy atom. The molecule has 0 heterocycles. The van der Waals surface area contributed by atoms with Crippen LogP contribution in [0.25, 0.3) is 0 Å². The number of allylic oxidation sites excluding steroid dienone is 4. The molecule has 0 saturated heterocycles. The molecular formula is C29H56N2. The van der Waals surface area contributed by atoms with E-state index in [0.29, 0.717) is 16.7 Å². The molecule has 0 amide bonds. The highest BCUT2D eigenvalue weighted by molar-refractivity contribution is 5.23. The lowest BCUT2D eigenvalue weighted by Crippen LogP contribution is -2.34. The average molecular weight is 433 g/mol. The van der Waals surface area contributed by atoms with Crippen molar-refractivity contribution in [1.82, 2.24) is 9.80 Å². The first kappa shape index (κ1) is 30.1. The van der Waals surface area contributed by atoms with Crippen LogP contribution < -0.4 is 0 Å². The minimum atomic E-state index is 0.424. The second-order valence-electron chi connectivity index (χ2n) is 11.4. The SMILES string of the molecule is C=C(/C=C\C=C/CN(CC)CCN(C)C)C1CC(C)(C)CC(C)(C)C1.CC.CC1CC1. The van der Waals surface area contributed by atoms with E-state index in [1.54, 1.807) is 0 Å². The van der Waals surface area contributed by atoms with Crippen LogP contribution in [0.1, 0.15) is 87.5 Å². The molecule has 2 nitrogen and oxygen atoms in total. The molecule has 0 aromatic heterocycles. The van der Waals surface area contributed by atoms with Gasteiger partial charge in [0, 0.05) is 19.6 Å². The van der Waals surface area contributed by atoms with Crippen molar-refractivity contribution in [2.75, 3.05) is 40.3 Å². The molecule has 0 aliphatic heterocycles. The van der Waals surface area contributed by atoms with Gasteiger partial charge >= 0.3 is 0 Å². The smallest absolute Gasteiger partial charge is 0.0166 e. The first-order valence-electron chi connectivity index (χ1n) is 12.8. The van der Waals surface area contributed by atoms with Crippen LogP contribution in [0, 0.1) is 22.7 Å². The standard InChI is InChI=1S/C23H42N2.C4H8.C2H6/c1-9-25(16-15-24(7)8)14-12-10-11-13-20(2)21-17-22(3,4)19-23(5,6)18-21;1-4-2-3-4;1-2/h10-13,21H,2,9,14-19H2,1,3-8H3;4H,2-3H2,1H3;1-2H3/b12-10-,13-11-;;. The first-order chi connectivity index (χ1) is 14.4. The fourth-order valence-corrected chi connectivity index (χ4v) is 4.60. The summed E-state index contributed by atoms with van der Waals surface area (Å²) in [7, 11) is 4.26. The van der Waals surface area contributed by atoms with Gasteiger partial charge in [-0.25, -0.2) is 0 Å². The van der Waals surface area contributed by atoms with E-state index in [4.69, 9.17) is 0 Å². The molecule has 31 heavy (non-hydrogen) atoms. The molecule has 182 valence electrons. The molecule has 2 saturated carbocycles. The van der Waals surface area contributed by atoms with Gasteiger partial charge < -0.3 is 4.90 Å². The van der Waals surface area contributed by atoms with Gasteiger partial charge in [-0.3, -0.25) is 4.90 Å². The van der Waals surface area contributed by atoms with Crippen molar-refractivity contribution in [3.05, 3.63) is 36.5 Å². The van der Waals surface area contributed by atoms with E-state index in [1.165, 1.54) is 37.7 Å². The van der Waals surface area contributed by atoms with Crippen LogP contribution in [0.4, 0.5) is 0 Å². The van der Waals surface area contributed by atoms with Crippen molar-refractivity contribution < 1.29 is 0 Å². The Kier molecular flexibility index (Phi) is 14.6. The minimum absolute atomic E-state index is 0.424. The zero-order chi connectivity index (χ0) is 24.1. The Hall–Kier alpha value is -0.860. The monoisotopic (exact) mass is 432 g/mol. The molecule has 2 aliphatic carbocycles. The summed E-state index contributed by atoms with van der Waals surface area (Å²) in [5.74, 6) is 1.70. The van der Waals surface area contributed by atoms with Crippen LogP contribution >= 0.6 is 0 Å². The molecule has 0 atom stereocenters. The van der Waals surface area contributed by atoms with Gasteiger partial charge in [-0.15, -0.1) is 0 Å². The van der Waals surface area contributed by atoms with Gasteiger partial charge in [0.05, 0.1) is 0 Å². The summed E-state index contributed by atoms with van der Waals surface area (Å²) in [4.78, 5) is 4.70. The predicted octanol–water partition coefficient (Wildman–Crippen LogP) is 7.83. The Balaban J connectivity index is 0.00000130. The van der Waals surface area contributed by atoms with Gasteiger partial charge in [-0.1, -0.05) is 105 Å². The van der Waals surface area contributed by atoms with Crippen LogP contribution in [-0.4, -0.2) is 50.1 Å². The molecule has 0 bridgehead atoms. The molecular weight excluding hydrogens is 376 g/mol. The Bertz CT molecular complexity index is 519. The lowest BCUT2D eigenvalue weighted by molar-refractivity contribution is 0.0833. The average Bonchev–Trinajstić information content (AvgIpc) is 3.45. The van der Waals surface area contributed by atoms with Crippen LogP contribution in [-0.2, 0) is 0 Å². The molecule has 2 aliphatic rings. The van der Waals surface area contributed by atoms with Crippen LogP contribution in [0.2, 0.25) is 0 Å². The van der Waals surface area contributed by atoms with Gasteiger partial charge in [-0.05, 0) is 62.6 Å². The van der Waals surface area contributed by atoms with Crippen molar-refractivity contribution in [2.45, 2.75) is 87.5 Å². The van der Waals surface area contributed by atoms with Crippen molar-refractivity contribution in [1.29, 1.82) is 0 Å². The van der Waals surface area contributed by atoms with E-state index < -0.39 is 0 Å². The van der Waals surface area contributed by atoms with E-state index in [1.807, 2.05) is 13.8 Å². The summed E-state index contributed by atoms with van der Waals surface area (Å²) in [6, 6.07) is 0. The summed E-state index contributed by atoms with van der Waals surface area (Å²) in [5, 5.41) is 0. The van der Waals surface area contributed by atoms with Gasteiger partial charge in [0.25, 0.3) is 0 Å². The number of hydrogen-bond acceptors (Lipinski definition) is 2. The highest BCUT2D eigenvalue weighted by atomic mass is 15.2. The minimum Gasteiger partial charge on any atom is -0.308 e. The molecule has 0 aromatic rings. The van der Waals surface area contributed by atoms with E-state index in [9.17, 15) is 0 Å². The van der Waals surface area contributed by atoms with E-state index in [2.05, 4.69) is 96.3 Å². The second-order valence-corrected chi connectivity index (χ2v) is 11.4. The molecule has 0 radical (unpaired) electrons. The summed E-state index contributed by atoms with van der Waals surface area (Å²) >= 11 is 0. The fourth-order valence-electron chi connectivity index (χ4n) is 4.60. The largest absolute Gasteiger partial charge is 0.308 e. The van der Waals surface area contributed by atoms with E-state index >= 15 is 0 Å². The number of hydrogen-bond donors (Lipinski definition) is 0. The molecule has 0 N–H and O–H groups in total. The predicted molar refractivity (Wildman–Crippen MR) is 143 cm³/mol. The zero-order valence-electron chi connectivity index (χ0n) is 22.9. The van der Waals surface area contributed by atoms with Crippen LogP contribution in [0.5, 0.6) is 0 Å². The third kappa shape index (κ3) is 15.6. The van der Waals surface area contributed by atoms with E-state index in [0.717, 1.165) is 32.1 Å². The van der Waals surface area contributed by atoms with Gasteiger partial charge in [0.2, 0.25) is 0 Å². The summed E-state index contributed by atoms with van der Waals surface area (Å²) in [5.41, 5.74) is 2.14. The topological polar surface area (TPSA) is 6.48 Å². The van der Waals surface area contributed by atoms with Crippen molar-refractivity contribution in [3.8, 4) is 0 Å². The highest BCUT2D eigenvalue weighted by Gasteiger charge is 2.38. The molecule has 0 unspecified atom stereocenters. The van der Waals surface area contributed by atoms with E-state index in [-0.39, 0.29) is 0 Å². The van der Waals surface area contributed by atoms with Crippen molar-refractivity contribution >= 4 is 0 Å². The van der Waals surface area contributed by atoms with Gasteiger partial charge in [0.1, 0.15) is 0 Å². The zero-order valence-corrected chi connectivity index (χ0v) is 22.9. The number of likely N-dealkylation sites (N-methyl/N-ethyl adjacent to an activating group) is 2. The maximum Gasteiger partial charge on any atom is 0.0166 e. The maximum atomic E-state index is 4.37. The van der Waals surface area contributed by atoms with Gasteiger partial charge in [0.15, 0.2) is 0 Å². The molecule has 2 rings (SSSR count). The second kappa shape index (κ2) is 15.1. The lowest BCUT2D eigenvalue weighted by atomic mass is 9.60. The third-order valence-electron chi connectivity index (χ3n) is 6.18. The summed E-state index contributed by atoms with van der Waals surface area (Å²) in [6.45, 7) is 26.9. The number of nitrogens with zero attached hydrogens (tertiary/aromatic N) is 2.